The van der Waals surface area contributed by atoms with Gasteiger partial charge in [-0.2, -0.15) is 0 Å². The van der Waals surface area contributed by atoms with Crippen LogP contribution in [0.15, 0.2) is 83.2 Å². The third kappa shape index (κ3) is 3.92. The lowest BCUT2D eigenvalue weighted by atomic mass is 9.71. The molecule has 3 aromatic carbocycles. The minimum atomic E-state index is -0.501. The van der Waals surface area contributed by atoms with Crippen molar-refractivity contribution in [3.63, 3.8) is 0 Å². The van der Waals surface area contributed by atoms with E-state index in [1.54, 1.807) is 14.2 Å². The maximum absolute atomic E-state index is 13.8. The quantitative estimate of drug-likeness (QED) is 0.491. The molecule has 0 spiro atoms. The van der Waals surface area contributed by atoms with Crippen LogP contribution < -0.4 is 14.8 Å². The first-order valence-corrected chi connectivity index (χ1v) is 12.0. The molecule has 6 nitrogen and oxygen atoms in total. The molecule has 5 rings (SSSR count). The summed E-state index contributed by atoms with van der Waals surface area (Å²) < 4.78 is 16.0. The number of allylic oxidation sites excluding steroid dienone is 3. The smallest absolute Gasteiger partial charge is 0.336 e. The van der Waals surface area contributed by atoms with Gasteiger partial charge in [0.2, 0.25) is 0 Å². The number of dihydropyridines is 1. The highest BCUT2D eigenvalue weighted by Crippen LogP contribution is 2.47. The second-order valence-corrected chi connectivity index (χ2v) is 9.19. The van der Waals surface area contributed by atoms with Gasteiger partial charge in [-0.25, -0.2) is 4.79 Å². The molecule has 0 radical (unpaired) electrons. The highest BCUT2D eigenvalue weighted by atomic mass is 16.5. The summed E-state index contributed by atoms with van der Waals surface area (Å²) in [6, 6.07) is 19.9. The van der Waals surface area contributed by atoms with Gasteiger partial charge >= 0.3 is 5.97 Å². The molecule has 36 heavy (non-hydrogen) atoms. The van der Waals surface area contributed by atoms with Crippen LogP contribution in [0.3, 0.4) is 0 Å². The molecule has 0 aromatic heterocycles. The van der Waals surface area contributed by atoms with Crippen LogP contribution >= 0.6 is 0 Å². The van der Waals surface area contributed by atoms with Crippen molar-refractivity contribution >= 4 is 22.5 Å². The van der Waals surface area contributed by atoms with E-state index in [9.17, 15) is 9.59 Å². The van der Waals surface area contributed by atoms with E-state index in [2.05, 4.69) is 5.32 Å². The maximum atomic E-state index is 13.8. The number of hydrogen-bond acceptors (Lipinski definition) is 6. The molecule has 0 saturated carbocycles. The molecule has 1 N–H and O–H groups in total. The summed E-state index contributed by atoms with van der Waals surface area (Å²) in [5.41, 5.74) is 4.63. The van der Waals surface area contributed by atoms with Crippen molar-refractivity contribution < 1.29 is 23.8 Å². The van der Waals surface area contributed by atoms with E-state index in [1.807, 2.05) is 67.6 Å². The van der Waals surface area contributed by atoms with Crippen LogP contribution in [-0.2, 0) is 14.3 Å². The van der Waals surface area contributed by atoms with Crippen molar-refractivity contribution in [2.75, 3.05) is 21.3 Å². The molecule has 6 heteroatoms. The number of carbonyl (C=O) groups is 2. The van der Waals surface area contributed by atoms with E-state index in [-0.39, 0.29) is 11.7 Å². The summed E-state index contributed by atoms with van der Waals surface area (Å²) in [7, 11) is 4.59. The molecule has 1 aliphatic heterocycles. The fraction of sp³-hybridized carbons (Fsp3) is 0.267. The number of esters is 1. The number of nitrogens with one attached hydrogen (secondary N) is 1. The van der Waals surface area contributed by atoms with Crippen molar-refractivity contribution in [2.24, 2.45) is 0 Å². The van der Waals surface area contributed by atoms with Gasteiger partial charge < -0.3 is 19.5 Å². The first kappa shape index (κ1) is 23.7. The van der Waals surface area contributed by atoms with Crippen LogP contribution in [0.5, 0.6) is 11.5 Å². The van der Waals surface area contributed by atoms with E-state index in [1.165, 1.54) is 7.11 Å². The van der Waals surface area contributed by atoms with Crippen LogP contribution in [-0.4, -0.2) is 33.1 Å². The summed E-state index contributed by atoms with van der Waals surface area (Å²) in [5.74, 6) is 0.352. The predicted octanol–water partition coefficient (Wildman–Crippen LogP) is 5.39. The Kier molecular flexibility index (Phi) is 6.27. The molecule has 1 heterocycles. The molecule has 0 saturated heterocycles. The first-order valence-electron chi connectivity index (χ1n) is 12.0. The number of fused-ring (bicyclic) bond motifs is 1. The standard InChI is InChI=1S/C30H29NO5/c1-17-27(30(33)36-4)28(22-11-7-9-18-8-5-6-10-21(18)22)29-23(31-17)14-20(15-24(29)32)19-12-13-25(34-2)26(16-19)35-3/h5-13,16,20,28,31H,14-15H2,1-4H3. The molecule has 0 amide bonds. The predicted molar refractivity (Wildman–Crippen MR) is 138 cm³/mol. The number of carbonyl (C=O) groups excluding carboxylic acids is 2. The topological polar surface area (TPSA) is 73.9 Å². The normalized spacial score (nSPS) is 19.6. The molecule has 2 unspecified atom stereocenters. The second-order valence-electron chi connectivity index (χ2n) is 9.19. The highest BCUT2D eigenvalue weighted by molar-refractivity contribution is 6.05. The van der Waals surface area contributed by atoms with Gasteiger partial charge in [0.1, 0.15) is 0 Å². The Bertz CT molecular complexity index is 1430. The third-order valence-corrected chi connectivity index (χ3v) is 7.25. The Morgan fingerprint density at radius 2 is 1.67 bits per heavy atom. The zero-order valence-electron chi connectivity index (χ0n) is 20.9. The van der Waals surface area contributed by atoms with Crippen molar-refractivity contribution in [2.45, 2.75) is 31.6 Å². The Balaban J connectivity index is 1.63. The minimum absolute atomic E-state index is 0.0235. The molecule has 2 aliphatic rings. The number of Topliss-reactive ketones (excluding diaryl/α,β-unsaturated/α-hetero) is 1. The minimum Gasteiger partial charge on any atom is -0.493 e. The van der Waals surface area contributed by atoms with Gasteiger partial charge in [-0.05, 0) is 53.3 Å². The zero-order chi connectivity index (χ0) is 25.4. The summed E-state index contributed by atoms with van der Waals surface area (Å²) in [4.78, 5) is 26.9. The van der Waals surface area contributed by atoms with Crippen LogP contribution in [0.2, 0.25) is 0 Å². The van der Waals surface area contributed by atoms with Crippen molar-refractivity contribution in [1.82, 2.24) is 5.32 Å². The Morgan fingerprint density at radius 1 is 0.917 bits per heavy atom. The highest BCUT2D eigenvalue weighted by Gasteiger charge is 2.41. The lowest BCUT2D eigenvalue weighted by Crippen LogP contribution is -2.36. The molecule has 2 atom stereocenters. The zero-order valence-corrected chi connectivity index (χ0v) is 20.9. The van der Waals surface area contributed by atoms with Crippen LogP contribution in [0.1, 0.15) is 42.7 Å². The van der Waals surface area contributed by atoms with Gasteiger partial charge in [0.25, 0.3) is 0 Å². The van der Waals surface area contributed by atoms with E-state index in [0.717, 1.165) is 27.6 Å². The van der Waals surface area contributed by atoms with Crippen molar-refractivity contribution in [3.8, 4) is 11.5 Å². The van der Waals surface area contributed by atoms with Gasteiger partial charge in [0.15, 0.2) is 17.3 Å². The molecular formula is C30H29NO5. The lowest BCUT2D eigenvalue weighted by molar-refractivity contribution is -0.136. The number of hydrogen-bond donors (Lipinski definition) is 1. The number of ketones is 1. The van der Waals surface area contributed by atoms with E-state index >= 15 is 0 Å². The van der Waals surface area contributed by atoms with E-state index in [4.69, 9.17) is 14.2 Å². The summed E-state index contributed by atoms with van der Waals surface area (Å²) in [5, 5.41) is 5.47. The molecule has 3 aromatic rings. The van der Waals surface area contributed by atoms with Gasteiger partial charge in [0, 0.05) is 29.3 Å². The Labute approximate surface area is 210 Å². The molecule has 1 aliphatic carbocycles. The fourth-order valence-corrected chi connectivity index (χ4v) is 5.58. The second kappa shape index (κ2) is 9.53. The van der Waals surface area contributed by atoms with Gasteiger partial charge in [-0.3, -0.25) is 4.79 Å². The monoisotopic (exact) mass is 483 g/mol. The third-order valence-electron chi connectivity index (χ3n) is 7.25. The summed E-state index contributed by atoms with van der Waals surface area (Å²) in [6.07, 6.45) is 0.981. The summed E-state index contributed by atoms with van der Waals surface area (Å²) >= 11 is 0. The van der Waals surface area contributed by atoms with Crippen LogP contribution in [0.4, 0.5) is 0 Å². The van der Waals surface area contributed by atoms with Crippen molar-refractivity contribution in [3.05, 3.63) is 94.3 Å². The van der Waals surface area contributed by atoms with Gasteiger partial charge in [-0.15, -0.1) is 0 Å². The van der Waals surface area contributed by atoms with E-state index < -0.39 is 11.9 Å². The average molecular weight is 484 g/mol. The Morgan fingerprint density at radius 3 is 2.42 bits per heavy atom. The van der Waals surface area contributed by atoms with E-state index in [0.29, 0.717) is 41.2 Å². The average Bonchev–Trinajstić information content (AvgIpc) is 2.91. The van der Waals surface area contributed by atoms with Crippen LogP contribution in [0, 0.1) is 0 Å². The van der Waals surface area contributed by atoms with Crippen LogP contribution in [0.25, 0.3) is 10.8 Å². The molecule has 0 fully saturated rings. The lowest BCUT2D eigenvalue weighted by Gasteiger charge is -2.37. The fourth-order valence-electron chi connectivity index (χ4n) is 5.58. The molecular weight excluding hydrogens is 454 g/mol. The largest absolute Gasteiger partial charge is 0.493 e. The summed E-state index contributed by atoms with van der Waals surface area (Å²) in [6.45, 7) is 1.87. The SMILES string of the molecule is COC(=O)C1=C(C)NC2=C(C(=O)CC(c3ccc(OC)c(OC)c3)C2)C1c1cccc2ccccc12. The molecule has 184 valence electrons. The number of methoxy groups -OCH3 is 3. The van der Waals surface area contributed by atoms with Crippen molar-refractivity contribution in [1.29, 1.82) is 0 Å². The van der Waals surface area contributed by atoms with Gasteiger partial charge in [0.05, 0.1) is 26.9 Å². The number of ether oxygens (including phenoxy) is 3. The maximum Gasteiger partial charge on any atom is 0.336 e. The first-order chi connectivity index (χ1) is 17.5. The number of benzene rings is 3. The van der Waals surface area contributed by atoms with Gasteiger partial charge in [-0.1, -0.05) is 48.5 Å². The molecule has 0 bridgehead atoms. The number of rotatable bonds is 5. The Hall–Kier alpha value is -4.06.